The lowest BCUT2D eigenvalue weighted by Crippen LogP contribution is -2.28. The molecule has 2 heterocycles. The number of benzene rings is 1. The van der Waals surface area contributed by atoms with Gasteiger partial charge in [0, 0.05) is 39.1 Å². The predicted molar refractivity (Wildman–Crippen MR) is 123 cm³/mol. The number of rotatable bonds is 4. The van der Waals surface area contributed by atoms with Gasteiger partial charge in [-0.25, -0.2) is 18.6 Å². The van der Waals surface area contributed by atoms with E-state index in [4.69, 9.17) is 4.74 Å². The second-order valence-electron chi connectivity index (χ2n) is 9.44. The highest BCUT2D eigenvalue weighted by Crippen LogP contribution is 2.45. The maximum atomic E-state index is 14.4. The summed E-state index contributed by atoms with van der Waals surface area (Å²) in [6.45, 7) is 9.17. The van der Waals surface area contributed by atoms with E-state index in [2.05, 4.69) is 4.98 Å². The standard InChI is InChI=1S/C25H27F2NO3S/c1-13-11-17-20(16-8-9-18-15(12-16)7-6-10-25(18,26)27)19(14(2)28-22(17)32-13)21(23(29)30)31-24(3,4)5/h8-9,11-12,21H,6-7,10H2,1-5H3,(H,29,30)/t21-/m0/s1. The van der Waals surface area contributed by atoms with E-state index in [9.17, 15) is 18.7 Å². The second kappa shape index (κ2) is 7.89. The third-order valence-corrected chi connectivity index (χ3v) is 6.66. The Morgan fingerprint density at radius 2 is 1.97 bits per heavy atom. The van der Waals surface area contributed by atoms with Gasteiger partial charge in [-0.2, -0.15) is 0 Å². The van der Waals surface area contributed by atoms with Crippen molar-refractivity contribution in [3.05, 3.63) is 51.5 Å². The predicted octanol–water partition coefficient (Wildman–Crippen LogP) is 6.95. The van der Waals surface area contributed by atoms with Crippen molar-refractivity contribution in [1.29, 1.82) is 0 Å². The first kappa shape index (κ1) is 22.8. The number of carbonyl (C=O) groups is 1. The number of halogens is 2. The molecule has 1 aliphatic carbocycles. The number of pyridine rings is 1. The maximum Gasteiger partial charge on any atom is 0.337 e. The van der Waals surface area contributed by atoms with Crippen LogP contribution in [0.4, 0.5) is 8.78 Å². The van der Waals surface area contributed by atoms with E-state index in [1.165, 1.54) is 17.4 Å². The highest BCUT2D eigenvalue weighted by molar-refractivity contribution is 7.18. The van der Waals surface area contributed by atoms with Crippen LogP contribution in [0.3, 0.4) is 0 Å². The summed E-state index contributed by atoms with van der Waals surface area (Å²) in [5.74, 6) is -3.95. The first-order valence-electron chi connectivity index (χ1n) is 10.7. The fourth-order valence-corrected chi connectivity index (χ4v) is 5.40. The minimum Gasteiger partial charge on any atom is -0.479 e. The van der Waals surface area contributed by atoms with Gasteiger partial charge >= 0.3 is 5.97 Å². The van der Waals surface area contributed by atoms with Crippen LogP contribution in [0, 0.1) is 13.8 Å². The molecule has 0 aliphatic heterocycles. The summed E-state index contributed by atoms with van der Waals surface area (Å²) in [5.41, 5.74) is 2.43. The highest BCUT2D eigenvalue weighted by atomic mass is 32.1. The molecule has 32 heavy (non-hydrogen) atoms. The first-order chi connectivity index (χ1) is 14.9. The molecule has 4 rings (SSSR count). The number of alkyl halides is 2. The Bertz CT molecular complexity index is 1210. The van der Waals surface area contributed by atoms with Crippen LogP contribution in [0.2, 0.25) is 0 Å². The molecule has 3 aromatic rings. The van der Waals surface area contributed by atoms with E-state index in [1.807, 2.05) is 13.0 Å². The SMILES string of the molecule is Cc1cc2c(-c3ccc4c(c3)CCCC4(F)F)c([C@H](OC(C)(C)C)C(=O)O)c(C)nc2s1. The summed E-state index contributed by atoms with van der Waals surface area (Å²) < 4.78 is 34.9. The van der Waals surface area contributed by atoms with Crippen molar-refractivity contribution < 1.29 is 23.4 Å². The Morgan fingerprint density at radius 1 is 1.25 bits per heavy atom. The zero-order valence-electron chi connectivity index (χ0n) is 18.9. The normalized spacial score (nSPS) is 16.7. The lowest BCUT2D eigenvalue weighted by Gasteiger charge is -2.29. The van der Waals surface area contributed by atoms with Gasteiger partial charge in [-0.1, -0.05) is 18.2 Å². The van der Waals surface area contributed by atoms with E-state index >= 15 is 0 Å². The van der Waals surface area contributed by atoms with Crippen molar-refractivity contribution in [2.24, 2.45) is 0 Å². The van der Waals surface area contributed by atoms with E-state index < -0.39 is 23.6 Å². The molecule has 0 radical (unpaired) electrons. The first-order valence-corrected chi connectivity index (χ1v) is 11.5. The summed E-state index contributed by atoms with van der Waals surface area (Å²) in [5, 5.41) is 10.9. The molecular formula is C25H27F2NO3S. The van der Waals surface area contributed by atoms with Crippen LogP contribution in [0.25, 0.3) is 21.3 Å². The summed E-state index contributed by atoms with van der Waals surface area (Å²) in [6.07, 6.45) is -0.387. The molecular weight excluding hydrogens is 432 g/mol. The van der Waals surface area contributed by atoms with Crippen molar-refractivity contribution in [2.75, 3.05) is 0 Å². The van der Waals surface area contributed by atoms with E-state index in [0.29, 0.717) is 40.8 Å². The number of aromatic nitrogens is 1. The minimum absolute atomic E-state index is 0.0679. The number of ether oxygens (including phenoxy) is 1. The van der Waals surface area contributed by atoms with Gasteiger partial charge in [0.15, 0.2) is 6.10 Å². The molecule has 0 saturated carbocycles. The molecule has 4 nitrogen and oxygen atoms in total. The van der Waals surface area contributed by atoms with Crippen LogP contribution in [0.15, 0.2) is 24.3 Å². The van der Waals surface area contributed by atoms with E-state index in [0.717, 1.165) is 15.1 Å². The van der Waals surface area contributed by atoms with Crippen molar-refractivity contribution in [1.82, 2.24) is 4.98 Å². The molecule has 1 aromatic carbocycles. The molecule has 1 N–H and O–H groups in total. The van der Waals surface area contributed by atoms with Gasteiger partial charge in [0.2, 0.25) is 0 Å². The number of fused-ring (bicyclic) bond motifs is 2. The number of hydrogen-bond donors (Lipinski definition) is 1. The quantitative estimate of drug-likeness (QED) is 0.459. The Balaban J connectivity index is 2.02. The Labute approximate surface area is 190 Å². The monoisotopic (exact) mass is 459 g/mol. The van der Waals surface area contributed by atoms with E-state index in [1.54, 1.807) is 39.8 Å². The number of hydrogen-bond acceptors (Lipinski definition) is 4. The molecule has 1 atom stereocenters. The molecule has 0 saturated heterocycles. The Morgan fingerprint density at radius 3 is 2.62 bits per heavy atom. The van der Waals surface area contributed by atoms with Gasteiger partial charge in [-0.3, -0.25) is 0 Å². The number of carboxylic acid groups (broad SMARTS) is 1. The van der Waals surface area contributed by atoms with Gasteiger partial charge in [-0.05, 0) is 64.7 Å². The summed E-state index contributed by atoms with van der Waals surface area (Å²) in [4.78, 5) is 18.8. The van der Waals surface area contributed by atoms with Crippen molar-refractivity contribution in [3.8, 4) is 11.1 Å². The van der Waals surface area contributed by atoms with Crippen LogP contribution in [-0.4, -0.2) is 21.7 Å². The molecule has 0 spiro atoms. The van der Waals surface area contributed by atoms with Crippen LogP contribution < -0.4 is 0 Å². The van der Waals surface area contributed by atoms with Gasteiger partial charge in [0.05, 0.1) is 5.60 Å². The molecule has 0 fully saturated rings. The third-order valence-electron chi connectivity index (χ3n) is 5.72. The summed E-state index contributed by atoms with van der Waals surface area (Å²) >= 11 is 1.53. The number of nitrogens with zero attached hydrogens (tertiary/aromatic N) is 1. The summed E-state index contributed by atoms with van der Waals surface area (Å²) in [7, 11) is 0. The summed E-state index contributed by atoms with van der Waals surface area (Å²) in [6, 6.07) is 6.95. The van der Waals surface area contributed by atoms with Crippen molar-refractivity contribution in [3.63, 3.8) is 0 Å². The second-order valence-corrected chi connectivity index (χ2v) is 10.7. The van der Waals surface area contributed by atoms with Crippen LogP contribution in [-0.2, 0) is 21.9 Å². The van der Waals surface area contributed by atoms with Crippen LogP contribution in [0.5, 0.6) is 0 Å². The third kappa shape index (κ3) is 4.16. The molecule has 2 aromatic heterocycles. The smallest absolute Gasteiger partial charge is 0.337 e. The largest absolute Gasteiger partial charge is 0.479 e. The van der Waals surface area contributed by atoms with Crippen molar-refractivity contribution in [2.45, 2.75) is 71.5 Å². The lowest BCUT2D eigenvalue weighted by atomic mass is 9.84. The number of carboxylic acids is 1. The van der Waals surface area contributed by atoms with E-state index in [-0.39, 0.29) is 12.0 Å². The Kier molecular flexibility index (Phi) is 5.62. The average molecular weight is 460 g/mol. The lowest BCUT2D eigenvalue weighted by molar-refractivity contribution is -0.160. The fraction of sp³-hybridized carbons (Fsp3) is 0.440. The van der Waals surface area contributed by atoms with Gasteiger partial charge in [-0.15, -0.1) is 11.3 Å². The topological polar surface area (TPSA) is 59.4 Å². The average Bonchev–Trinajstić information content (AvgIpc) is 3.03. The van der Waals surface area contributed by atoms with Crippen molar-refractivity contribution >= 4 is 27.5 Å². The molecule has 0 amide bonds. The van der Waals surface area contributed by atoms with Gasteiger partial charge < -0.3 is 9.84 Å². The number of thiophene rings is 1. The molecule has 0 bridgehead atoms. The van der Waals surface area contributed by atoms with Gasteiger partial charge in [0.1, 0.15) is 4.83 Å². The van der Waals surface area contributed by atoms with Crippen LogP contribution >= 0.6 is 11.3 Å². The highest BCUT2D eigenvalue weighted by Gasteiger charge is 2.37. The fourth-order valence-electron chi connectivity index (χ4n) is 4.47. The zero-order valence-corrected chi connectivity index (χ0v) is 19.7. The van der Waals surface area contributed by atoms with Crippen LogP contribution in [0.1, 0.15) is 67.0 Å². The number of aryl methyl sites for hydroxylation is 3. The number of aliphatic carboxylic acids is 1. The Hall–Kier alpha value is -2.38. The maximum absolute atomic E-state index is 14.4. The molecule has 0 unspecified atom stereocenters. The molecule has 170 valence electrons. The molecule has 7 heteroatoms. The minimum atomic E-state index is -2.84. The van der Waals surface area contributed by atoms with Gasteiger partial charge in [0.25, 0.3) is 5.92 Å². The zero-order chi connectivity index (χ0) is 23.4. The molecule has 1 aliphatic rings.